The van der Waals surface area contributed by atoms with Crippen LogP contribution in [0, 0.1) is 5.82 Å². The van der Waals surface area contributed by atoms with Gasteiger partial charge < -0.3 is 0 Å². The van der Waals surface area contributed by atoms with Crippen LogP contribution in [0.4, 0.5) is 9.52 Å². The second-order valence-corrected chi connectivity index (χ2v) is 9.97. The highest BCUT2D eigenvalue weighted by molar-refractivity contribution is 7.89. The topological polar surface area (TPSA) is 79.4 Å². The second kappa shape index (κ2) is 7.81. The molecule has 4 rings (SSSR count). The smallest absolute Gasteiger partial charge is 0.257 e. The summed E-state index contributed by atoms with van der Waals surface area (Å²) in [5.74, 6) is -0.875. The zero-order valence-corrected chi connectivity index (χ0v) is 17.4. The summed E-state index contributed by atoms with van der Waals surface area (Å²) in [6, 6.07) is 10.5. The highest BCUT2D eigenvalue weighted by Gasteiger charge is 2.30. The molecule has 0 saturated carbocycles. The van der Waals surface area contributed by atoms with Gasteiger partial charge in [-0.3, -0.25) is 10.1 Å². The van der Waals surface area contributed by atoms with Gasteiger partial charge in [-0.15, -0.1) is 0 Å². The summed E-state index contributed by atoms with van der Waals surface area (Å²) in [5.41, 5.74) is 0.514. The molecule has 1 saturated heterocycles. The molecule has 29 heavy (non-hydrogen) atoms. The quantitative estimate of drug-likeness (QED) is 0.667. The van der Waals surface area contributed by atoms with Gasteiger partial charge in [0.05, 0.1) is 9.60 Å². The van der Waals surface area contributed by atoms with E-state index in [-0.39, 0.29) is 21.6 Å². The lowest BCUT2D eigenvalue weighted by atomic mass is 10.1. The van der Waals surface area contributed by atoms with Crippen LogP contribution in [0.3, 0.4) is 0 Å². The Hall–Kier alpha value is -2.36. The Kier molecular flexibility index (Phi) is 5.37. The van der Waals surface area contributed by atoms with Gasteiger partial charge in [0.15, 0.2) is 5.13 Å². The number of anilines is 1. The number of carbonyl (C=O) groups is 1. The Bertz CT molecular complexity index is 1160. The van der Waals surface area contributed by atoms with Gasteiger partial charge in [0, 0.05) is 18.2 Å². The van der Waals surface area contributed by atoms with E-state index < -0.39 is 21.7 Å². The maximum Gasteiger partial charge on any atom is 0.257 e. The number of piperidine rings is 1. The largest absolute Gasteiger partial charge is 0.298 e. The Labute approximate surface area is 172 Å². The molecule has 1 atom stereocenters. The maximum atomic E-state index is 13.8. The van der Waals surface area contributed by atoms with Gasteiger partial charge in [0.2, 0.25) is 10.0 Å². The van der Waals surface area contributed by atoms with Crippen LogP contribution in [0.5, 0.6) is 0 Å². The molecule has 1 aliphatic heterocycles. The molecule has 9 heteroatoms. The molecule has 1 fully saturated rings. The lowest BCUT2D eigenvalue weighted by Gasteiger charge is -2.32. The number of fused-ring (bicyclic) bond motifs is 1. The van der Waals surface area contributed by atoms with E-state index in [1.54, 1.807) is 12.1 Å². The van der Waals surface area contributed by atoms with E-state index in [9.17, 15) is 17.6 Å². The first-order valence-corrected chi connectivity index (χ1v) is 11.6. The number of amides is 1. The van der Waals surface area contributed by atoms with Crippen molar-refractivity contribution in [2.45, 2.75) is 37.1 Å². The predicted molar refractivity (Wildman–Crippen MR) is 111 cm³/mol. The standard InChI is InChI=1S/C20H20FN3O3S2/c1-13-5-2-3-12-24(13)29(26,27)15-10-8-14(9-11-15)19(25)23-20-22-18-16(21)6-4-7-17(18)28-20/h4,6-11,13H,2-3,5,12H2,1H3,(H,22,23,25)/t13-/m0/s1. The molecule has 1 aromatic heterocycles. The molecule has 1 aliphatic rings. The van der Waals surface area contributed by atoms with E-state index in [0.29, 0.717) is 16.8 Å². The second-order valence-electron chi connectivity index (χ2n) is 7.04. The number of sulfonamides is 1. The zero-order valence-electron chi connectivity index (χ0n) is 15.8. The number of nitrogens with zero attached hydrogens (tertiary/aromatic N) is 2. The van der Waals surface area contributed by atoms with E-state index >= 15 is 0 Å². The van der Waals surface area contributed by atoms with Gasteiger partial charge in [0.25, 0.3) is 5.91 Å². The van der Waals surface area contributed by atoms with Crippen molar-refractivity contribution >= 4 is 42.6 Å². The Balaban J connectivity index is 1.52. The Morgan fingerprint density at radius 1 is 1.21 bits per heavy atom. The first-order chi connectivity index (χ1) is 13.9. The van der Waals surface area contributed by atoms with Gasteiger partial charge in [-0.25, -0.2) is 17.8 Å². The van der Waals surface area contributed by atoms with Crippen LogP contribution in [-0.4, -0.2) is 36.2 Å². The van der Waals surface area contributed by atoms with Gasteiger partial charge in [-0.05, 0) is 56.2 Å². The summed E-state index contributed by atoms with van der Waals surface area (Å²) >= 11 is 1.18. The third-order valence-corrected chi connectivity index (χ3v) is 8.02. The summed E-state index contributed by atoms with van der Waals surface area (Å²) in [7, 11) is -3.58. The average Bonchev–Trinajstić information content (AvgIpc) is 3.12. The van der Waals surface area contributed by atoms with Crippen LogP contribution in [0.15, 0.2) is 47.4 Å². The number of carbonyl (C=O) groups excluding carboxylic acids is 1. The van der Waals surface area contributed by atoms with Crippen molar-refractivity contribution in [2.24, 2.45) is 0 Å². The number of thiazole rings is 1. The number of hydrogen-bond acceptors (Lipinski definition) is 5. The zero-order chi connectivity index (χ0) is 20.6. The number of benzene rings is 2. The van der Waals surface area contributed by atoms with E-state index in [2.05, 4.69) is 10.3 Å². The minimum atomic E-state index is -3.58. The van der Waals surface area contributed by atoms with E-state index in [1.807, 2.05) is 6.92 Å². The lowest BCUT2D eigenvalue weighted by molar-refractivity contribution is 0.102. The highest BCUT2D eigenvalue weighted by Crippen LogP contribution is 2.28. The molecule has 0 unspecified atom stereocenters. The minimum absolute atomic E-state index is 0.0313. The summed E-state index contributed by atoms with van der Waals surface area (Å²) < 4.78 is 41.7. The van der Waals surface area contributed by atoms with Crippen molar-refractivity contribution in [1.29, 1.82) is 0 Å². The number of nitrogens with one attached hydrogen (secondary N) is 1. The number of para-hydroxylation sites is 1. The fourth-order valence-corrected chi connectivity index (χ4v) is 6.06. The molecule has 0 bridgehead atoms. The van der Waals surface area contributed by atoms with Crippen molar-refractivity contribution in [1.82, 2.24) is 9.29 Å². The number of halogens is 1. The molecule has 0 aliphatic carbocycles. The average molecular weight is 434 g/mol. The van der Waals surface area contributed by atoms with E-state index in [4.69, 9.17) is 0 Å². The summed E-state index contributed by atoms with van der Waals surface area (Å²) in [6.45, 7) is 2.43. The normalized spacial score (nSPS) is 18.1. The molecule has 3 aromatic rings. The monoisotopic (exact) mass is 433 g/mol. The van der Waals surface area contributed by atoms with Crippen LogP contribution in [0.2, 0.25) is 0 Å². The van der Waals surface area contributed by atoms with Crippen molar-refractivity contribution in [3.63, 3.8) is 0 Å². The van der Waals surface area contributed by atoms with Crippen molar-refractivity contribution in [3.8, 4) is 0 Å². The van der Waals surface area contributed by atoms with E-state index in [0.717, 1.165) is 19.3 Å². The number of rotatable bonds is 4. The van der Waals surface area contributed by atoms with Crippen LogP contribution in [0.25, 0.3) is 10.2 Å². The van der Waals surface area contributed by atoms with Gasteiger partial charge >= 0.3 is 0 Å². The predicted octanol–water partition coefficient (Wildman–Crippen LogP) is 4.25. The van der Waals surface area contributed by atoms with Crippen molar-refractivity contribution < 1.29 is 17.6 Å². The molecule has 152 valence electrons. The number of aromatic nitrogens is 1. The first kappa shape index (κ1) is 19.9. The fraction of sp³-hybridized carbons (Fsp3) is 0.300. The summed E-state index contributed by atoms with van der Waals surface area (Å²) in [6.07, 6.45) is 2.73. The van der Waals surface area contributed by atoms with Gasteiger partial charge in [0.1, 0.15) is 11.3 Å². The molecule has 1 amide bonds. The molecular formula is C20H20FN3O3S2. The first-order valence-electron chi connectivity index (χ1n) is 9.34. The Morgan fingerprint density at radius 3 is 2.66 bits per heavy atom. The third-order valence-electron chi connectivity index (χ3n) is 5.06. The highest BCUT2D eigenvalue weighted by atomic mass is 32.2. The van der Waals surface area contributed by atoms with Crippen molar-refractivity contribution in [3.05, 3.63) is 53.8 Å². The van der Waals surface area contributed by atoms with Crippen molar-refractivity contribution in [2.75, 3.05) is 11.9 Å². The van der Waals surface area contributed by atoms with Gasteiger partial charge in [-0.1, -0.05) is 23.8 Å². The molecular weight excluding hydrogens is 413 g/mol. The molecule has 1 N–H and O–H groups in total. The third kappa shape index (κ3) is 3.90. The molecule has 2 heterocycles. The minimum Gasteiger partial charge on any atom is -0.298 e. The SMILES string of the molecule is C[C@H]1CCCCN1S(=O)(=O)c1ccc(C(=O)Nc2nc3c(F)cccc3s2)cc1. The number of hydrogen-bond donors (Lipinski definition) is 1. The van der Waals surface area contributed by atoms with Crippen LogP contribution in [0.1, 0.15) is 36.5 Å². The van der Waals surface area contributed by atoms with Crippen LogP contribution < -0.4 is 5.32 Å². The molecule has 0 radical (unpaired) electrons. The summed E-state index contributed by atoms with van der Waals surface area (Å²) in [5, 5.41) is 2.93. The molecule has 0 spiro atoms. The fourth-order valence-electron chi connectivity index (χ4n) is 3.48. The van der Waals surface area contributed by atoms with E-state index in [1.165, 1.54) is 46.0 Å². The maximum absolute atomic E-state index is 13.8. The molecule has 2 aromatic carbocycles. The van der Waals surface area contributed by atoms with Crippen LogP contribution >= 0.6 is 11.3 Å². The van der Waals surface area contributed by atoms with Gasteiger partial charge in [-0.2, -0.15) is 4.31 Å². The molecule has 6 nitrogen and oxygen atoms in total. The lowest BCUT2D eigenvalue weighted by Crippen LogP contribution is -2.41. The Morgan fingerprint density at radius 2 is 1.97 bits per heavy atom. The van der Waals surface area contributed by atoms with Crippen LogP contribution in [-0.2, 0) is 10.0 Å². The summed E-state index contributed by atoms with van der Waals surface area (Å²) in [4.78, 5) is 16.8.